The molecular weight excluding hydrogens is 226 g/mol. The third-order valence-corrected chi connectivity index (χ3v) is 4.43. The van der Waals surface area contributed by atoms with Crippen LogP contribution in [0.4, 0.5) is 0 Å². The molecule has 1 aliphatic heterocycles. The molecule has 0 unspecified atom stereocenters. The zero-order valence-corrected chi connectivity index (χ0v) is 11.5. The third-order valence-electron chi connectivity index (χ3n) is 2.58. The number of nitrogens with zero attached hydrogens (tertiary/aromatic N) is 1. The molecule has 4 nitrogen and oxygen atoms in total. The van der Waals surface area contributed by atoms with E-state index < -0.39 is 11.4 Å². The molecule has 0 aromatic rings. The van der Waals surface area contributed by atoms with Crippen molar-refractivity contribution in [3.63, 3.8) is 0 Å². The minimum absolute atomic E-state index is 0.227. The Morgan fingerprint density at radius 2 is 2.12 bits per heavy atom. The third kappa shape index (κ3) is 2.70. The Morgan fingerprint density at radius 1 is 1.56 bits per heavy atom. The van der Waals surface area contributed by atoms with Gasteiger partial charge in [-0.3, -0.25) is 4.79 Å². The van der Waals surface area contributed by atoms with Crippen LogP contribution in [0.25, 0.3) is 0 Å². The van der Waals surface area contributed by atoms with Crippen molar-refractivity contribution in [2.45, 2.75) is 45.4 Å². The second-order valence-electron chi connectivity index (χ2n) is 5.14. The number of carbonyl (C=O) groups excluding carboxylic acids is 1. The van der Waals surface area contributed by atoms with Crippen molar-refractivity contribution in [3.05, 3.63) is 0 Å². The molecule has 5 heteroatoms. The quantitative estimate of drug-likeness (QED) is 0.558. The predicted molar refractivity (Wildman–Crippen MR) is 64.2 cm³/mol. The van der Waals surface area contributed by atoms with Crippen molar-refractivity contribution in [3.8, 4) is 0 Å². The van der Waals surface area contributed by atoms with Gasteiger partial charge in [0.15, 0.2) is 6.04 Å². The Bertz CT molecular complexity index is 264. The maximum atomic E-state index is 12.1. The van der Waals surface area contributed by atoms with Gasteiger partial charge in [-0.2, -0.15) is 0 Å². The van der Waals surface area contributed by atoms with Gasteiger partial charge in [0.05, 0.1) is 13.2 Å². The number of ether oxygens (including phenoxy) is 1. The lowest BCUT2D eigenvalue weighted by Gasteiger charge is -2.46. The first-order chi connectivity index (χ1) is 7.29. The number of carbonyl (C=O) groups is 1. The van der Waals surface area contributed by atoms with Crippen LogP contribution >= 0.6 is 0 Å². The molecule has 0 amide bonds. The van der Waals surface area contributed by atoms with E-state index in [1.807, 2.05) is 27.7 Å². The van der Waals surface area contributed by atoms with Gasteiger partial charge in [0.2, 0.25) is 0 Å². The molecular formula is C11H21NO3S. The van der Waals surface area contributed by atoms with Crippen LogP contribution < -0.4 is 0 Å². The van der Waals surface area contributed by atoms with Crippen LogP contribution in [0.15, 0.2) is 0 Å². The summed E-state index contributed by atoms with van der Waals surface area (Å²) in [5.41, 5.74) is 0. The first-order valence-corrected chi connectivity index (χ1v) is 6.75. The van der Waals surface area contributed by atoms with E-state index in [-0.39, 0.29) is 22.7 Å². The van der Waals surface area contributed by atoms with Gasteiger partial charge >= 0.3 is 5.97 Å². The van der Waals surface area contributed by atoms with E-state index >= 15 is 0 Å². The van der Waals surface area contributed by atoms with Gasteiger partial charge in [0.25, 0.3) is 0 Å². The number of hydrogen-bond donors (Lipinski definition) is 0. The Labute approximate surface area is 101 Å². The highest BCUT2D eigenvalue weighted by Crippen LogP contribution is 2.33. The molecule has 1 heterocycles. The smallest absolute Gasteiger partial charge is 0.328 e. The lowest BCUT2D eigenvalue weighted by molar-refractivity contribution is -0.154. The van der Waals surface area contributed by atoms with Crippen LogP contribution in [0.2, 0.25) is 0 Å². The Morgan fingerprint density at radius 3 is 2.50 bits per heavy atom. The van der Waals surface area contributed by atoms with Gasteiger partial charge in [0.1, 0.15) is 4.75 Å². The summed E-state index contributed by atoms with van der Waals surface area (Å²) in [4.78, 5) is 11.7. The molecule has 0 aromatic heterocycles. The van der Waals surface area contributed by atoms with Crippen molar-refractivity contribution in [2.24, 2.45) is 5.92 Å². The summed E-state index contributed by atoms with van der Waals surface area (Å²) in [7, 11) is 0. The molecule has 1 fully saturated rings. The van der Waals surface area contributed by atoms with Crippen LogP contribution in [0.3, 0.4) is 0 Å². The fraction of sp³-hybridized carbons (Fsp3) is 0.909. The van der Waals surface area contributed by atoms with E-state index in [4.69, 9.17) is 4.74 Å². The van der Waals surface area contributed by atoms with Crippen molar-refractivity contribution in [2.75, 3.05) is 13.2 Å². The minimum atomic E-state index is -1.14. The first kappa shape index (κ1) is 13.8. The van der Waals surface area contributed by atoms with Crippen LogP contribution in [0, 0.1) is 5.92 Å². The highest BCUT2D eigenvalue weighted by atomic mass is 32.2. The zero-order valence-electron chi connectivity index (χ0n) is 10.6. The van der Waals surface area contributed by atoms with Gasteiger partial charge in [-0.25, -0.2) is 0 Å². The molecule has 3 atom stereocenters. The normalized spacial score (nSPS) is 28.4. The molecule has 1 rings (SSSR count). The van der Waals surface area contributed by atoms with Crippen LogP contribution in [-0.4, -0.2) is 38.8 Å². The van der Waals surface area contributed by atoms with Crippen molar-refractivity contribution < 1.29 is 14.1 Å². The lowest BCUT2D eigenvalue weighted by Crippen LogP contribution is -2.64. The predicted octanol–water partition coefficient (Wildman–Crippen LogP) is 1.33. The monoisotopic (exact) mass is 247 g/mol. The average molecular weight is 247 g/mol. The lowest BCUT2D eigenvalue weighted by atomic mass is 9.94. The molecule has 0 bridgehead atoms. The van der Waals surface area contributed by atoms with E-state index in [9.17, 15) is 9.35 Å². The van der Waals surface area contributed by atoms with Crippen LogP contribution in [-0.2, 0) is 20.9 Å². The molecule has 16 heavy (non-hydrogen) atoms. The second-order valence-corrected chi connectivity index (χ2v) is 7.33. The Hall–Kier alpha value is -0.260. The van der Waals surface area contributed by atoms with Gasteiger partial charge in [-0.1, -0.05) is 6.92 Å². The van der Waals surface area contributed by atoms with Gasteiger partial charge in [0, 0.05) is 17.3 Å². The molecule has 0 spiro atoms. The maximum absolute atomic E-state index is 12.1. The number of hydrogen-bond acceptors (Lipinski definition) is 4. The Balaban J connectivity index is 2.66. The van der Waals surface area contributed by atoms with Gasteiger partial charge in [-0.05, 0) is 27.7 Å². The molecule has 0 aliphatic carbocycles. The van der Waals surface area contributed by atoms with E-state index in [1.54, 1.807) is 11.2 Å². The average Bonchev–Trinajstić information content (AvgIpc) is 2.11. The summed E-state index contributed by atoms with van der Waals surface area (Å²) >= 11 is -1.14. The molecule has 0 saturated carbocycles. The van der Waals surface area contributed by atoms with Crippen LogP contribution in [0.1, 0.15) is 34.6 Å². The first-order valence-electron chi connectivity index (χ1n) is 5.64. The van der Waals surface area contributed by atoms with Crippen molar-refractivity contribution >= 4 is 17.3 Å². The zero-order chi connectivity index (χ0) is 12.5. The molecule has 1 saturated heterocycles. The SMILES string of the molecule is CCOC(=O)[C@@H]1[C@@H](C)CN1[S@@+]([O-])C(C)(C)C. The summed E-state index contributed by atoms with van der Waals surface area (Å²) in [5.74, 6) is -0.0239. The number of esters is 1. The maximum Gasteiger partial charge on any atom is 0.328 e. The molecule has 0 N–H and O–H groups in total. The standard InChI is InChI=1S/C11H21NO3S/c1-6-15-10(13)9-8(2)7-12(9)16(14)11(3,4)5/h8-9H,6-7H2,1-5H3/t8-,9-,16-/m0/s1. The highest BCUT2D eigenvalue weighted by Gasteiger charge is 2.52. The second kappa shape index (κ2) is 4.94. The minimum Gasteiger partial charge on any atom is -0.597 e. The molecule has 94 valence electrons. The summed E-state index contributed by atoms with van der Waals surface area (Å²) in [6, 6.07) is -0.333. The van der Waals surface area contributed by atoms with E-state index in [0.717, 1.165) is 0 Å². The molecule has 0 radical (unpaired) electrons. The summed E-state index contributed by atoms with van der Waals surface area (Å²) in [6.45, 7) is 10.6. The van der Waals surface area contributed by atoms with Crippen molar-refractivity contribution in [1.82, 2.24) is 4.31 Å². The van der Waals surface area contributed by atoms with Gasteiger partial charge in [-0.15, -0.1) is 4.31 Å². The number of rotatable bonds is 3. The van der Waals surface area contributed by atoms with E-state index in [0.29, 0.717) is 13.2 Å². The summed E-state index contributed by atoms with van der Waals surface area (Å²) < 4.78 is 18.5. The topological polar surface area (TPSA) is 52.6 Å². The van der Waals surface area contributed by atoms with Crippen LogP contribution in [0.5, 0.6) is 0 Å². The van der Waals surface area contributed by atoms with E-state index in [1.165, 1.54) is 0 Å². The summed E-state index contributed by atoms with van der Waals surface area (Å²) in [5, 5.41) is 0. The van der Waals surface area contributed by atoms with Crippen molar-refractivity contribution in [1.29, 1.82) is 0 Å². The molecule has 1 aliphatic rings. The fourth-order valence-corrected chi connectivity index (χ4v) is 3.32. The molecule has 0 aromatic carbocycles. The largest absolute Gasteiger partial charge is 0.597 e. The fourth-order valence-electron chi connectivity index (χ4n) is 1.74. The van der Waals surface area contributed by atoms with Gasteiger partial charge < -0.3 is 9.29 Å². The summed E-state index contributed by atoms with van der Waals surface area (Å²) in [6.07, 6.45) is 0. The van der Waals surface area contributed by atoms with E-state index in [2.05, 4.69) is 0 Å². The highest BCUT2D eigenvalue weighted by molar-refractivity contribution is 7.90. The Kier molecular flexibility index (Phi) is 4.26.